The SMILES string of the molecule is [2H]C(c1ccccc1)C1(C#N)C(N)=NC(OC)=C(C#N)C1c1ccccc1. The highest BCUT2D eigenvalue weighted by Gasteiger charge is 2.50. The van der Waals surface area contributed by atoms with Crippen molar-refractivity contribution in [1.82, 2.24) is 0 Å². The number of aliphatic imine (C=N–C) groups is 1. The minimum atomic E-state index is -1.55. The van der Waals surface area contributed by atoms with Gasteiger partial charge in [0.1, 0.15) is 22.9 Å². The second kappa shape index (κ2) is 7.13. The lowest BCUT2D eigenvalue weighted by molar-refractivity contribution is 0.271. The lowest BCUT2D eigenvalue weighted by atomic mass is 9.64. The first-order valence-electron chi connectivity index (χ1n) is 8.64. The molecule has 2 aromatic rings. The number of nitrogens with two attached hydrogens (primary N) is 1. The summed E-state index contributed by atoms with van der Waals surface area (Å²) in [6.45, 7) is 0. The molecule has 1 aliphatic rings. The van der Waals surface area contributed by atoms with Crippen molar-refractivity contribution in [3.63, 3.8) is 0 Å². The smallest absolute Gasteiger partial charge is 0.229 e. The Morgan fingerprint density at radius 1 is 1.15 bits per heavy atom. The van der Waals surface area contributed by atoms with Crippen LogP contribution in [0.1, 0.15) is 18.4 Å². The molecular formula is C21H18N4O. The van der Waals surface area contributed by atoms with E-state index in [-0.39, 0.29) is 17.3 Å². The van der Waals surface area contributed by atoms with E-state index in [4.69, 9.17) is 11.8 Å². The molecule has 3 rings (SSSR count). The second-order valence-electron chi connectivity index (χ2n) is 5.91. The van der Waals surface area contributed by atoms with Crippen LogP contribution in [0.3, 0.4) is 0 Å². The highest BCUT2D eigenvalue weighted by Crippen LogP contribution is 2.47. The molecule has 2 aromatic carbocycles. The van der Waals surface area contributed by atoms with Gasteiger partial charge in [0.25, 0.3) is 0 Å². The van der Waals surface area contributed by atoms with E-state index in [1.54, 1.807) is 24.3 Å². The summed E-state index contributed by atoms with van der Waals surface area (Å²) >= 11 is 0. The van der Waals surface area contributed by atoms with Crippen LogP contribution in [0.15, 0.2) is 77.1 Å². The van der Waals surface area contributed by atoms with Gasteiger partial charge in [0, 0.05) is 1.37 Å². The van der Waals surface area contributed by atoms with E-state index in [9.17, 15) is 10.5 Å². The maximum Gasteiger partial charge on any atom is 0.229 e. The van der Waals surface area contributed by atoms with Crippen LogP contribution in [0.25, 0.3) is 0 Å². The zero-order valence-corrected chi connectivity index (χ0v) is 14.3. The van der Waals surface area contributed by atoms with Crippen molar-refractivity contribution in [2.45, 2.75) is 12.3 Å². The van der Waals surface area contributed by atoms with Gasteiger partial charge >= 0.3 is 0 Å². The van der Waals surface area contributed by atoms with Crippen molar-refractivity contribution in [3.05, 3.63) is 83.2 Å². The maximum atomic E-state index is 10.2. The minimum absolute atomic E-state index is 0.0291. The van der Waals surface area contributed by atoms with Gasteiger partial charge in [0.2, 0.25) is 5.88 Å². The summed E-state index contributed by atoms with van der Waals surface area (Å²) in [7, 11) is 1.40. The number of allylic oxidation sites excluding steroid dienone is 1. The molecule has 0 spiro atoms. The summed E-state index contributed by atoms with van der Waals surface area (Å²) in [5.74, 6) is -0.725. The number of hydrogen-bond donors (Lipinski definition) is 1. The first-order valence-corrected chi connectivity index (χ1v) is 8.06. The lowest BCUT2D eigenvalue weighted by Gasteiger charge is -2.37. The van der Waals surface area contributed by atoms with Crippen molar-refractivity contribution in [2.24, 2.45) is 16.1 Å². The molecule has 0 aromatic heterocycles. The Hall–Kier alpha value is -3.57. The van der Waals surface area contributed by atoms with Crippen molar-refractivity contribution in [3.8, 4) is 12.1 Å². The van der Waals surface area contributed by atoms with Gasteiger partial charge in [0.05, 0.1) is 19.1 Å². The first-order chi connectivity index (χ1) is 13.1. The van der Waals surface area contributed by atoms with E-state index in [2.05, 4.69) is 17.1 Å². The molecule has 0 amide bonds. The standard InChI is InChI=1S/C21H18N4O/c1-26-19-17(13-22)18(16-10-6-3-7-11-16)21(14-23,20(24)25-19)12-15-8-4-2-5-9-15/h2-11,18H,12H2,1H3,(H2,24,25)/i12D. The fourth-order valence-electron chi connectivity index (χ4n) is 3.23. The van der Waals surface area contributed by atoms with Crippen molar-refractivity contribution < 1.29 is 6.11 Å². The normalized spacial score (nSPS) is 23.9. The molecule has 1 heterocycles. The molecule has 5 heteroatoms. The molecule has 0 bridgehead atoms. The number of rotatable bonds is 4. The van der Waals surface area contributed by atoms with Gasteiger partial charge in [0.15, 0.2) is 0 Å². The molecule has 0 fully saturated rings. The first kappa shape index (κ1) is 15.9. The third-order valence-electron chi connectivity index (χ3n) is 4.45. The number of methoxy groups -OCH3 is 1. The molecule has 0 saturated heterocycles. The van der Waals surface area contributed by atoms with E-state index in [1.807, 2.05) is 36.4 Å². The summed E-state index contributed by atoms with van der Waals surface area (Å²) < 4.78 is 14.2. The van der Waals surface area contributed by atoms with Crippen LogP contribution in [-0.2, 0) is 11.1 Å². The quantitative estimate of drug-likeness (QED) is 0.921. The van der Waals surface area contributed by atoms with E-state index in [0.717, 1.165) is 0 Å². The van der Waals surface area contributed by atoms with Crippen LogP contribution in [0, 0.1) is 28.1 Å². The monoisotopic (exact) mass is 343 g/mol. The van der Waals surface area contributed by atoms with Gasteiger partial charge < -0.3 is 10.5 Å². The molecule has 2 N–H and O–H groups in total. The zero-order valence-electron chi connectivity index (χ0n) is 15.3. The minimum Gasteiger partial charge on any atom is -0.480 e. The van der Waals surface area contributed by atoms with Crippen molar-refractivity contribution >= 4 is 5.84 Å². The molecule has 0 saturated carbocycles. The second-order valence-corrected chi connectivity index (χ2v) is 5.91. The molecule has 26 heavy (non-hydrogen) atoms. The van der Waals surface area contributed by atoms with Crippen LogP contribution in [0.5, 0.6) is 0 Å². The van der Waals surface area contributed by atoms with Crippen LogP contribution >= 0.6 is 0 Å². The highest BCUT2D eigenvalue weighted by molar-refractivity contribution is 5.93. The third-order valence-corrected chi connectivity index (χ3v) is 4.45. The number of amidine groups is 1. The molecule has 0 aliphatic carbocycles. The van der Waals surface area contributed by atoms with Gasteiger partial charge in [-0.15, -0.1) is 0 Å². The molecule has 3 atom stereocenters. The molecule has 5 nitrogen and oxygen atoms in total. The molecule has 0 radical (unpaired) electrons. The number of benzene rings is 2. The van der Waals surface area contributed by atoms with E-state index in [0.29, 0.717) is 11.1 Å². The third kappa shape index (κ3) is 2.81. The average Bonchev–Trinajstić information content (AvgIpc) is 2.73. The Labute approximate surface area is 154 Å². The summed E-state index contributed by atoms with van der Waals surface area (Å²) in [5.41, 5.74) is 6.23. The zero-order chi connectivity index (χ0) is 19.4. The molecule has 128 valence electrons. The summed E-state index contributed by atoms with van der Waals surface area (Å²) in [5, 5.41) is 20.1. The van der Waals surface area contributed by atoms with Gasteiger partial charge in [-0.2, -0.15) is 15.5 Å². The maximum absolute atomic E-state index is 10.2. The summed E-state index contributed by atoms with van der Waals surface area (Å²) in [6.07, 6.45) is -1.04. The number of nitriles is 2. The fourth-order valence-corrected chi connectivity index (χ4v) is 3.23. The Kier molecular flexibility index (Phi) is 4.37. The Morgan fingerprint density at radius 3 is 2.31 bits per heavy atom. The van der Waals surface area contributed by atoms with Crippen LogP contribution in [0.4, 0.5) is 0 Å². The molecular weight excluding hydrogens is 324 g/mol. The van der Waals surface area contributed by atoms with Crippen LogP contribution in [-0.4, -0.2) is 12.9 Å². The van der Waals surface area contributed by atoms with E-state index >= 15 is 0 Å². The van der Waals surface area contributed by atoms with Crippen LogP contribution < -0.4 is 5.73 Å². The van der Waals surface area contributed by atoms with Gasteiger partial charge in [-0.25, -0.2) is 0 Å². The van der Waals surface area contributed by atoms with Gasteiger partial charge in [-0.1, -0.05) is 60.7 Å². The molecule has 1 aliphatic heterocycles. The van der Waals surface area contributed by atoms with Crippen LogP contribution in [0.2, 0.25) is 0 Å². The highest BCUT2D eigenvalue weighted by atomic mass is 16.5. The topological polar surface area (TPSA) is 95.2 Å². The van der Waals surface area contributed by atoms with Gasteiger partial charge in [-0.05, 0) is 17.5 Å². The lowest BCUT2D eigenvalue weighted by Crippen LogP contribution is -2.46. The van der Waals surface area contributed by atoms with Gasteiger partial charge in [-0.3, -0.25) is 0 Å². The van der Waals surface area contributed by atoms with Crippen molar-refractivity contribution in [1.29, 1.82) is 10.5 Å². The number of nitrogens with zero attached hydrogens (tertiary/aromatic N) is 3. The predicted molar refractivity (Wildman–Crippen MR) is 98.6 cm³/mol. The molecule has 3 unspecified atom stereocenters. The predicted octanol–water partition coefficient (Wildman–Crippen LogP) is 3.28. The van der Waals surface area contributed by atoms with Crippen molar-refractivity contribution in [2.75, 3.05) is 7.11 Å². The number of ether oxygens (including phenoxy) is 1. The Bertz CT molecular complexity index is 973. The Balaban J connectivity index is 2.31. The average molecular weight is 343 g/mol. The fraction of sp³-hybridized carbons (Fsp3) is 0.190. The summed E-state index contributed by atoms with van der Waals surface area (Å²) in [6, 6.07) is 22.5. The van der Waals surface area contributed by atoms with E-state index in [1.165, 1.54) is 7.11 Å². The van der Waals surface area contributed by atoms with E-state index < -0.39 is 17.7 Å². The summed E-state index contributed by atoms with van der Waals surface area (Å²) in [4.78, 5) is 4.19. The number of hydrogen-bond acceptors (Lipinski definition) is 5. The largest absolute Gasteiger partial charge is 0.480 e. The Morgan fingerprint density at radius 2 is 1.77 bits per heavy atom.